The normalized spacial score (nSPS) is 25.1. The molecule has 0 aliphatic carbocycles. The van der Waals surface area contributed by atoms with Crippen LogP contribution in [0.1, 0.15) is 12.8 Å². The molecular formula is C11H21N3O2. The van der Waals surface area contributed by atoms with Crippen LogP contribution in [0.3, 0.4) is 0 Å². The average molecular weight is 227 g/mol. The van der Waals surface area contributed by atoms with Gasteiger partial charge in [-0.1, -0.05) is 0 Å². The smallest absolute Gasteiger partial charge is 0.317 e. The number of carbonyl (C=O) groups is 1. The van der Waals surface area contributed by atoms with E-state index >= 15 is 0 Å². The first-order chi connectivity index (χ1) is 7.86. The van der Waals surface area contributed by atoms with E-state index < -0.39 is 0 Å². The van der Waals surface area contributed by atoms with Crippen LogP contribution in [0.2, 0.25) is 0 Å². The summed E-state index contributed by atoms with van der Waals surface area (Å²) in [6, 6.07) is 0.0750. The van der Waals surface area contributed by atoms with Crippen molar-refractivity contribution in [3.05, 3.63) is 0 Å². The Bertz CT molecular complexity index is 229. The molecule has 2 N–H and O–H groups in total. The van der Waals surface area contributed by atoms with Gasteiger partial charge in [0, 0.05) is 39.4 Å². The topological polar surface area (TPSA) is 53.6 Å². The van der Waals surface area contributed by atoms with Gasteiger partial charge in [0.15, 0.2) is 0 Å². The molecule has 0 saturated carbocycles. The van der Waals surface area contributed by atoms with Crippen molar-refractivity contribution in [2.24, 2.45) is 5.92 Å². The second-order valence-electron chi connectivity index (χ2n) is 4.49. The van der Waals surface area contributed by atoms with Crippen molar-refractivity contribution < 1.29 is 9.53 Å². The van der Waals surface area contributed by atoms with Crippen LogP contribution in [-0.4, -0.2) is 56.9 Å². The van der Waals surface area contributed by atoms with Gasteiger partial charge in [0.05, 0.1) is 0 Å². The van der Waals surface area contributed by atoms with Crippen molar-refractivity contribution in [1.29, 1.82) is 0 Å². The van der Waals surface area contributed by atoms with E-state index in [1.807, 2.05) is 4.90 Å². The molecule has 0 aromatic heterocycles. The zero-order valence-electron chi connectivity index (χ0n) is 9.71. The van der Waals surface area contributed by atoms with Gasteiger partial charge < -0.3 is 20.3 Å². The Kier molecular flexibility index (Phi) is 4.42. The molecule has 2 saturated heterocycles. The van der Waals surface area contributed by atoms with Crippen LogP contribution in [0.4, 0.5) is 4.79 Å². The molecule has 92 valence electrons. The summed E-state index contributed by atoms with van der Waals surface area (Å²) in [4.78, 5) is 13.1. The van der Waals surface area contributed by atoms with E-state index in [0.717, 1.165) is 51.9 Å². The molecule has 1 unspecified atom stereocenters. The van der Waals surface area contributed by atoms with Gasteiger partial charge in [-0.25, -0.2) is 4.79 Å². The van der Waals surface area contributed by atoms with E-state index in [1.165, 1.54) is 12.8 Å². The van der Waals surface area contributed by atoms with Gasteiger partial charge in [-0.2, -0.15) is 0 Å². The number of rotatable bonds is 6. The maximum absolute atomic E-state index is 11.2. The summed E-state index contributed by atoms with van der Waals surface area (Å²) in [6.07, 6.45) is 2.39. The van der Waals surface area contributed by atoms with Crippen molar-refractivity contribution >= 4 is 6.03 Å². The average Bonchev–Trinajstić information content (AvgIpc) is 2.90. The molecule has 5 nitrogen and oxygen atoms in total. The van der Waals surface area contributed by atoms with Crippen LogP contribution >= 0.6 is 0 Å². The van der Waals surface area contributed by atoms with Crippen LogP contribution in [0.15, 0.2) is 0 Å². The minimum Gasteiger partial charge on any atom is -0.381 e. The lowest BCUT2D eigenvalue weighted by Gasteiger charge is -2.14. The predicted molar refractivity (Wildman–Crippen MR) is 61.4 cm³/mol. The molecule has 2 amide bonds. The fourth-order valence-electron chi connectivity index (χ4n) is 2.18. The third-order valence-electron chi connectivity index (χ3n) is 3.26. The summed E-state index contributed by atoms with van der Waals surface area (Å²) in [5.41, 5.74) is 0. The van der Waals surface area contributed by atoms with Gasteiger partial charge in [0.2, 0.25) is 0 Å². The summed E-state index contributed by atoms with van der Waals surface area (Å²) >= 11 is 0. The molecule has 16 heavy (non-hydrogen) atoms. The minimum absolute atomic E-state index is 0.0750. The highest BCUT2D eigenvalue weighted by atomic mass is 16.5. The Morgan fingerprint density at radius 1 is 1.50 bits per heavy atom. The standard InChI is InChI=1S/C11H21N3O2/c15-11-13-5-7-14(11)6-4-12-3-1-10-2-8-16-9-10/h10,12H,1-9H2,(H,13,15). The number of nitrogens with zero attached hydrogens (tertiary/aromatic N) is 1. The first-order valence-electron chi connectivity index (χ1n) is 6.17. The van der Waals surface area contributed by atoms with Crippen molar-refractivity contribution in [3.8, 4) is 0 Å². The third-order valence-corrected chi connectivity index (χ3v) is 3.26. The molecule has 5 heteroatoms. The van der Waals surface area contributed by atoms with E-state index in [2.05, 4.69) is 10.6 Å². The lowest BCUT2D eigenvalue weighted by atomic mass is 10.1. The van der Waals surface area contributed by atoms with Gasteiger partial charge in [0.1, 0.15) is 0 Å². The molecule has 2 heterocycles. The van der Waals surface area contributed by atoms with E-state index in [1.54, 1.807) is 0 Å². The molecule has 2 fully saturated rings. The monoisotopic (exact) mass is 227 g/mol. The van der Waals surface area contributed by atoms with Gasteiger partial charge in [-0.3, -0.25) is 0 Å². The summed E-state index contributed by atoms with van der Waals surface area (Å²) in [6.45, 7) is 6.22. The summed E-state index contributed by atoms with van der Waals surface area (Å²) < 4.78 is 5.32. The zero-order chi connectivity index (χ0) is 11.2. The third kappa shape index (κ3) is 3.35. The van der Waals surface area contributed by atoms with Gasteiger partial charge >= 0.3 is 6.03 Å². The van der Waals surface area contributed by atoms with Gasteiger partial charge in [-0.15, -0.1) is 0 Å². The summed E-state index contributed by atoms with van der Waals surface area (Å²) in [7, 11) is 0. The Morgan fingerprint density at radius 2 is 2.44 bits per heavy atom. The van der Waals surface area contributed by atoms with Crippen molar-refractivity contribution in [2.45, 2.75) is 12.8 Å². The second-order valence-corrected chi connectivity index (χ2v) is 4.49. The highest BCUT2D eigenvalue weighted by Gasteiger charge is 2.18. The van der Waals surface area contributed by atoms with Crippen LogP contribution in [0.25, 0.3) is 0 Å². The fourth-order valence-corrected chi connectivity index (χ4v) is 2.18. The molecule has 0 aromatic rings. The molecule has 0 spiro atoms. The largest absolute Gasteiger partial charge is 0.381 e. The number of ether oxygens (including phenoxy) is 1. The molecule has 0 aromatic carbocycles. The minimum atomic E-state index is 0.0750. The Hall–Kier alpha value is -0.810. The fraction of sp³-hybridized carbons (Fsp3) is 0.909. The molecule has 0 radical (unpaired) electrons. The van der Waals surface area contributed by atoms with Crippen LogP contribution in [0, 0.1) is 5.92 Å². The lowest BCUT2D eigenvalue weighted by Crippen LogP contribution is -2.35. The number of nitrogens with one attached hydrogen (secondary N) is 2. The van der Waals surface area contributed by atoms with Crippen molar-refractivity contribution in [3.63, 3.8) is 0 Å². The maximum Gasteiger partial charge on any atom is 0.317 e. The molecule has 0 bridgehead atoms. The van der Waals surface area contributed by atoms with Crippen LogP contribution in [-0.2, 0) is 4.74 Å². The highest BCUT2D eigenvalue weighted by Crippen LogP contribution is 2.14. The molecule has 2 aliphatic heterocycles. The number of amides is 2. The van der Waals surface area contributed by atoms with Gasteiger partial charge in [-0.05, 0) is 25.3 Å². The van der Waals surface area contributed by atoms with E-state index in [-0.39, 0.29) is 6.03 Å². The SMILES string of the molecule is O=C1NCCN1CCNCCC1CCOC1. The lowest BCUT2D eigenvalue weighted by molar-refractivity contribution is 0.184. The predicted octanol–water partition coefficient (Wildman–Crippen LogP) is 0.0278. The van der Waals surface area contributed by atoms with E-state index in [0.29, 0.717) is 0 Å². The first-order valence-corrected chi connectivity index (χ1v) is 6.17. The highest BCUT2D eigenvalue weighted by molar-refractivity contribution is 5.76. The quantitative estimate of drug-likeness (QED) is 0.629. The number of carbonyl (C=O) groups excluding carboxylic acids is 1. The van der Waals surface area contributed by atoms with Gasteiger partial charge in [0.25, 0.3) is 0 Å². The van der Waals surface area contributed by atoms with E-state index in [4.69, 9.17) is 4.74 Å². The maximum atomic E-state index is 11.2. The molecule has 2 aliphatic rings. The molecule has 2 rings (SSSR count). The number of hydrogen-bond donors (Lipinski definition) is 2. The Balaban J connectivity index is 1.47. The Labute approximate surface area is 96.5 Å². The first kappa shape index (κ1) is 11.7. The molecule has 1 atom stereocenters. The van der Waals surface area contributed by atoms with Crippen LogP contribution in [0.5, 0.6) is 0 Å². The van der Waals surface area contributed by atoms with Crippen molar-refractivity contribution in [1.82, 2.24) is 15.5 Å². The summed E-state index contributed by atoms with van der Waals surface area (Å²) in [5, 5.41) is 6.18. The number of urea groups is 1. The molecular weight excluding hydrogens is 206 g/mol. The number of hydrogen-bond acceptors (Lipinski definition) is 3. The van der Waals surface area contributed by atoms with Crippen LogP contribution < -0.4 is 10.6 Å². The zero-order valence-corrected chi connectivity index (χ0v) is 9.71. The Morgan fingerprint density at radius 3 is 3.12 bits per heavy atom. The van der Waals surface area contributed by atoms with E-state index in [9.17, 15) is 4.79 Å². The van der Waals surface area contributed by atoms with Crippen molar-refractivity contribution in [2.75, 3.05) is 45.9 Å². The second kappa shape index (κ2) is 6.06. The summed E-state index contributed by atoms with van der Waals surface area (Å²) in [5.74, 6) is 0.739.